The number of rotatable bonds is 5. The van der Waals surface area contributed by atoms with Crippen molar-refractivity contribution in [2.45, 2.75) is 13.0 Å². The standard InChI is InChI=1S/C23H21N5O/c29-23(26-19-7-8-22(25-14-19)27-11-4-12-27)20-13-18-9-10-24-15-21(18)28(20)16-17-5-2-1-3-6-17/h1-3,5-10,13-15H,4,11-12,16H2,(H,26,29). The Balaban J connectivity index is 1.44. The molecule has 0 bridgehead atoms. The van der Waals surface area contributed by atoms with Crippen LogP contribution in [0.5, 0.6) is 0 Å². The maximum atomic E-state index is 13.1. The maximum absolute atomic E-state index is 13.1. The lowest BCUT2D eigenvalue weighted by atomic mass is 10.2. The largest absolute Gasteiger partial charge is 0.356 e. The zero-order valence-corrected chi connectivity index (χ0v) is 16.0. The number of nitrogens with zero attached hydrogens (tertiary/aromatic N) is 4. The number of hydrogen-bond acceptors (Lipinski definition) is 4. The Labute approximate surface area is 168 Å². The van der Waals surface area contributed by atoms with Gasteiger partial charge in [0.25, 0.3) is 5.91 Å². The quantitative estimate of drug-likeness (QED) is 0.567. The smallest absolute Gasteiger partial charge is 0.272 e. The third-order valence-corrected chi connectivity index (χ3v) is 5.31. The summed E-state index contributed by atoms with van der Waals surface area (Å²) in [4.78, 5) is 24.0. The Morgan fingerprint density at radius 3 is 2.62 bits per heavy atom. The molecule has 144 valence electrons. The number of carbonyl (C=O) groups excluding carboxylic acids is 1. The minimum Gasteiger partial charge on any atom is -0.356 e. The summed E-state index contributed by atoms with van der Waals surface area (Å²) in [7, 11) is 0. The first kappa shape index (κ1) is 17.4. The number of hydrogen-bond donors (Lipinski definition) is 1. The highest BCUT2D eigenvalue weighted by atomic mass is 16.1. The summed E-state index contributed by atoms with van der Waals surface area (Å²) in [6.45, 7) is 2.70. The van der Waals surface area contributed by atoms with E-state index >= 15 is 0 Å². The van der Waals surface area contributed by atoms with E-state index in [2.05, 4.69) is 32.3 Å². The molecule has 4 aromatic rings. The molecule has 6 heteroatoms. The molecule has 29 heavy (non-hydrogen) atoms. The van der Waals surface area contributed by atoms with Gasteiger partial charge in [-0.25, -0.2) is 4.98 Å². The lowest BCUT2D eigenvalue weighted by Gasteiger charge is -2.31. The van der Waals surface area contributed by atoms with Gasteiger partial charge in [0.05, 0.1) is 23.6 Å². The van der Waals surface area contributed by atoms with Crippen LogP contribution in [0.2, 0.25) is 0 Å². The fraction of sp³-hybridized carbons (Fsp3) is 0.174. The van der Waals surface area contributed by atoms with Gasteiger partial charge in [-0.1, -0.05) is 30.3 Å². The van der Waals surface area contributed by atoms with Gasteiger partial charge in [-0.3, -0.25) is 9.78 Å². The summed E-state index contributed by atoms with van der Waals surface area (Å²) in [5.74, 6) is 0.800. The third kappa shape index (κ3) is 3.45. The van der Waals surface area contributed by atoms with Crippen molar-refractivity contribution in [3.63, 3.8) is 0 Å². The zero-order valence-electron chi connectivity index (χ0n) is 16.0. The van der Waals surface area contributed by atoms with Crippen molar-refractivity contribution < 1.29 is 4.79 Å². The molecule has 1 aliphatic rings. The van der Waals surface area contributed by atoms with Gasteiger partial charge in [0.2, 0.25) is 0 Å². The summed E-state index contributed by atoms with van der Waals surface area (Å²) in [5, 5.41) is 3.98. The predicted octanol–water partition coefficient (Wildman–Crippen LogP) is 3.94. The lowest BCUT2D eigenvalue weighted by molar-refractivity contribution is 0.101. The van der Waals surface area contributed by atoms with E-state index in [-0.39, 0.29) is 5.91 Å². The van der Waals surface area contributed by atoms with Crippen LogP contribution < -0.4 is 10.2 Å². The Morgan fingerprint density at radius 2 is 1.90 bits per heavy atom. The fourth-order valence-corrected chi connectivity index (χ4v) is 3.61. The van der Waals surface area contributed by atoms with Crippen LogP contribution in [0.25, 0.3) is 10.9 Å². The highest BCUT2D eigenvalue weighted by molar-refractivity contribution is 6.06. The molecular formula is C23H21N5O. The van der Waals surface area contributed by atoms with Gasteiger partial charge < -0.3 is 14.8 Å². The van der Waals surface area contributed by atoms with E-state index in [1.54, 1.807) is 18.6 Å². The van der Waals surface area contributed by atoms with Gasteiger partial charge in [0, 0.05) is 31.2 Å². The molecule has 0 radical (unpaired) electrons. The van der Waals surface area contributed by atoms with E-state index in [0.717, 1.165) is 35.4 Å². The van der Waals surface area contributed by atoms with Crippen LogP contribution in [-0.2, 0) is 6.54 Å². The second kappa shape index (κ2) is 7.39. The Morgan fingerprint density at radius 1 is 1.03 bits per heavy atom. The molecule has 4 heterocycles. The monoisotopic (exact) mass is 383 g/mol. The van der Waals surface area contributed by atoms with Gasteiger partial charge in [0.15, 0.2) is 0 Å². The number of amides is 1. The number of anilines is 2. The molecule has 6 nitrogen and oxygen atoms in total. The highest BCUT2D eigenvalue weighted by Crippen LogP contribution is 2.23. The van der Waals surface area contributed by atoms with E-state index in [1.165, 1.54) is 6.42 Å². The van der Waals surface area contributed by atoms with Gasteiger partial charge in [-0.2, -0.15) is 0 Å². The zero-order chi connectivity index (χ0) is 19.6. The average Bonchev–Trinajstić information content (AvgIpc) is 3.08. The molecule has 0 aliphatic carbocycles. The fourth-order valence-electron chi connectivity index (χ4n) is 3.61. The molecule has 1 N–H and O–H groups in total. The van der Waals surface area contributed by atoms with E-state index < -0.39 is 0 Å². The van der Waals surface area contributed by atoms with E-state index in [0.29, 0.717) is 17.9 Å². The van der Waals surface area contributed by atoms with Gasteiger partial charge in [-0.15, -0.1) is 0 Å². The molecule has 5 rings (SSSR count). The number of benzene rings is 1. The number of nitrogens with one attached hydrogen (secondary N) is 1. The molecule has 0 atom stereocenters. The van der Waals surface area contributed by atoms with Crippen molar-refractivity contribution >= 4 is 28.3 Å². The molecule has 1 saturated heterocycles. The van der Waals surface area contributed by atoms with E-state index in [1.807, 2.05) is 47.0 Å². The second-order valence-electron chi connectivity index (χ2n) is 7.24. The molecule has 1 aliphatic heterocycles. The van der Waals surface area contributed by atoms with Gasteiger partial charge >= 0.3 is 0 Å². The number of pyridine rings is 2. The first-order valence-corrected chi connectivity index (χ1v) is 9.77. The van der Waals surface area contributed by atoms with Crippen molar-refractivity contribution in [3.05, 3.63) is 84.4 Å². The van der Waals surface area contributed by atoms with Crippen molar-refractivity contribution in [2.75, 3.05) is 23.3 Å². The molecular weight excluding hydrogens is 362 g/mol. The third-order valence-electron chi connectivity index (χ3n) is 5.31. The summed E-state index contributed by atoms with van der Waals surface area (Å²) in [6, 6.07) is 17.8. The van der Waals surface area contributed by atoms with Crippen LogP contribution in [0.15, 0.2) is 73.2 Å². The molecule has 1 amide bonds. The topological polar surface area (TPSA) is 63.1 Å². The number of carbonyl (C=O) groups is 1. The Hall–Kier alpha value is -3.67. The van der Waals surface area contributed by atoms with Crippen LogP contribution >= 0.6 is 0 Å². The summed E-state index contributed by atoms with van der Waals surface area (Å²) < 4.78 is 2.01. The summed E-state index contributed by atoms with van der Waals surface area (Å²) in [5.41, 5.74) is 3.36. The molecule has 1 aromatic carbocycles. The first-order valence-electron chi connectivity index (χ1n) is 9.77. The van der Waals surface area contributed by atoms with Crippen LogP contribution in [-0.4, -0.2) is 33.5 Å². The van der Waals surface area contributed by atoms with Crippen molar-refractivity contribution in [1.29, 1.82) is 0 Å². The van der Waals surface area contributed by atoms with E-state index in [9.17, 15) is 4.79 Å². The van der Waals surface area contributed by atoms with Crippen LogP contribution in [0.3, 0.4) is 0 Å². The van der Waals surface area contributed by atoms with Crippen molar-refractivity contribution in [1.82, 2.24) is 14.5 Å². The van der Waals surface area contributed by atoms with E-state index in [4.69, 9.17) is 0 Å². The lowest BCUT2D eigenvalue weighted by Crippen LogP contribution is -2.37. The first-order chi connectivity index (χ1) is 14.3. The molecule has 0 unspecified atom stereocenters. The summed E-state index contributed by atoms with van der Waals surface area (Å²) >= 11 is 0. The molecule has 0 spiro atoms. The highest BCUT2D eigenvalue weighted by Gasteiger charge is 2.18. The minimum atomic E-state index is -0.157. The Bertz CT molecular complexity index is 1150. The van der Waals surface area contributed by atoms with Crippen molar-refractivity contribution in [2.24, 2.45) is 0 Å². The van der Waals surface area contributed by atoms with Gasteiger partial charge in [0.1, 0.15) is 11.5 Å². The SMILES string of the molecule is O=C(Nc1ccc(N2CCC2)nc1)c1cc2ccncc2n1Cc1ccccc1. The number of aromatic nitrogens is 3. The average molecular weight is 383 g/mol. The maximum Gasteiger partial charge on any atom is 0.272 e. The Kier molecular flexibility index (Phi) is 4.44. The molecule has 0 saturated carbocycles. The predicted molar refractivity (Wildman–Crippen MR) is 114 cm³/mol. The number of fused-ring (bicyclic) bond motifs is 1. The normalized spacial score (nSPS) is 13.3. The van der Waals surface area contributed by atoms with Crippen LogP contribution in [0, 0.1) is 0 Å². The molecule has 1 fully saturated rings. The van der Waals surface area contributed by atoms with Gasteiger partial charge in [-0.05, 0) is 36.2 Å². The summed E-state index contributed by atoms with van der Waals surface area (Å²) in [6.07, 6.45) is 6.48. The second-order valence-corrected chi connectivity index (χ2v) is 7.24. The van der Waals surface area contributed by atoms with Crippen molar-refractivity contribution in [3.8, 4) is 0 Å². The minimum absolute atomic E-state index is 0.157. The van der Waals surface area contributed by atoms with Crippen LogP contribution in [0.1, 0.15) is 22.5 Å². The van der Waals surface area contributed by atoms with Crippen LogP contribution in [0.4, 0.5) is 11.5 Å². The molecule has 3 aromatic heterocycles.